The molecule has 6 nitrogen and oxygen atoms in total. The maximum atomic E-state index is 13.1. The lowest BCUT2D eigenvalue weighted by Gasteiger charge is -2.18. The van der Waals surface area contributed by atoms with Gasteiger partial charge < -0.3 is 4.74 Å². The lowest BCUT2D eigenvalue weighted by atomic mass is 10.2. The highest BCUT2D eigenvalue weighted by molar-refractivity contribution is 7.98. The molecule has 0 fully saturated rings. The SMILES string of the molecule is CCN(CC)S(=O)(=O)c1ccc2c(c1)nc(SCc1ccccc1)n2-c1ccccc1OC. The molecule has 0 amide bonds. The molecule has 4 aromatic rings. The second kappa shape index (κ2) is 9.99. The van der Waals surface area contributed by atoms with Crippen LogP contribution in [0.15, 0.2) is 82.8 Å². The van der Waals surface area contributed by atoms with Gasteiger partial charge in [-0.25, -0.2) is 13.4 Å². The van der Waals surface area contributed by atoms with Gasteiger partial charge in [0.05, 0.1) is 28.7 Å². The number of aromatic nitrogens is 2. The molecule has 0 aliphatic rings. The summed E-state index contributed by atoms with van der Waals surface area (Å²) in [6, 6.07) is 23.1. The molecule has 8 heteroatoms. The minimum Gasteiger partial charge on any atom is -0.495 e. The Morgan fingerprint density at radius 3 is 2.36 bits per heavy atom. The van der Waals surface area contributed by atoms with Gasteiger partial charge in [0.2, 0.25) is 10.0 Å². The topological polar surface area (TPSA) is 64.4 Å². The van der Waals surface area contributed by atoms with Gasteiger partial charge in [0.25, 0.3) is 0 Å². The van der Waals surface area contributed by atoms with E-state index in [4.69, 9.17) is 9.72 Å². The molecule has 0 saturated heterocycles. The molecule has 0 aliphatic carbocycles. The van der Waals surface area contributed by atoms with Crippen LogP contribution in [0.4, 0.5) is 0 Å². The Hall–Kier alpha value is -2.81. The first-order valence-electron chi connectivity index (χ1n) is 10.8. The first-order chi connectivity index (χ1) is 16.0. The highest BCUT2D eigenvalue weighted by Crippen LogP contribution is 2.34. The van der Waals surface area contributed by atoms with E-state index in [1.165, 1.54) is 9.87 Å². The Morgan fingerprint density at radius 1 is 0.970 bits per heavy atom. The zero-order valence-electron chi connectivity index (χ0n) is 18.9. The lowest BCUT2D eigenvalue weighted by molar-refractivity contribution is 0.412. The zero-order valence-corrected chi connectivity index (χ0v) is 20.6. The summed E-state index contributed by atoms with van der Waals surface area (Å²) in [4.78, 5) is 5.10. The number of nitrogens with zero attached hydrogens (tertiary/aromatic N) is 3. The van der Waals surface area contributed by atoms with Gasteiger partial charge in [-0.3, -0.25) is 4.57 Å². The number of hydrogen-bond acceptors (Lipinski definition) is 5. The minimum atomic E-state index is -3.58. The number of fused-ring (bicyclic) bond motifs is 1. The Balaban J connectivity index is 1.85. The van der Waals surface area contributed by atoms with Crippen molar-refractivity contribution in [2.45, 2.75) is 29.7 Å². The highest BCUT2D eigenvalue weighted by atomic mass is 32.2. The van der Waals surface area contributed by atoms with E-state index in [1.807, 2.05) is 66.9 Å². The summed E-state index contributed by atoms with van der Waals surface area (Å²) in [7, 11) is -1.93. The largest absolute Gasteiger partial charge is 0.495 e. The van der Waals surface area contributed by atoms with Gasteiger partial charge in [-0.15, -0.1) is 0 Å². The average molecular weight is 482 g/mol. The number of benzene rings is 3. The first kappa shape index (κ1) is 23.4. The third-order valence-electron chi connectivity index (χ3n) is 5.48. The molecule has 0 atom stereocenters. The van der Waals surface area contributed by atoms with Crippen LogP contribution in [0, 0.1) is 0 Å². The van der Waals surface area contributed by atoms with Gasteiger partial charge in [-0.05, 0) is 35.9 Å². The fraction of sp³-hybridized carbons (Fsp3) is 0.240. The number of rotatable bonds is 9. The van der Waals surface area contributed by atoms with Crippen molar-refractivity contribution in [3.05, 3.63) is 78.4 Å². The number of hydrogen-bond donors (Lipinski definition) is 0. The van der Waals surface area contributed by atoms with Crippen LogP contribution in [0.5, 0.6) is 5.75 Å². The molecule has 0 radical (unpaired) electrons. The van der Waals surface area contributed by atoms with Crippen molar-refractivity contribution >= 4 is 32.8 Å². The van der Waals surface area contributed by atoms with Crippen LogP contribution in [0.25, 0.3) is 16.7 Å². The summed E-state index contributed by atoms with van der Waals surface area (Å²) in [5, 5.41) is 0.774. The van der Waals surface area contributed by atoms with Crippen molar-refractivity contribution in [1.82, 2.24) is 13.9 Å². The third kappa shape index (κ3) is 4.64. The lowest BCUT2D eigenvalue weighted by Crippen LogP contribution is -2.30. The van der Waals surface area contributed by atoms with Gasteiger partial charge in [0.1, 0.15) is 5.75 Å². The summed E-state index contributed by atoms with van der Waals surface area (Å²) < 4.78 is 35.3. The number of ether oxygens (including phenoxy) is 1. The van der Waals surface area contributed by atoms with E-state index >= 15 is 0 Å². The first-order valence-corrected chi connectivity index (χ1v) is 13.2. The van der Waals surface area contributed by atoms with Crippen LogP contribution in [0.3, 0.4) is 0 Å². The summed E-state index contributed by atoms with van der Waals surface area (Å²) in [6.07, 6.45) is 0. The average Bonchev–Trinajstić information content (AvgIpc) is 3.21. The van der Waals surface area contributed by atoms with Crippen LogP contribution in [-0.2, 0) is 15.8 Å². The molecular weight excluding hydrogens is 454 g/mol. The smallest absolute Gasteiger partial charge is 0.243 e. The van der Waals surface area contributed by atoms with E-state index in [9.17, 15) is 8.42 Å². The molecule has 3 aromatic carbocycles. The molecular formula is C25H27N3O3S2. The minimum absolute atomic E-state index is 0.253. The fourth-order valence-corrected chi connectivity index (χ4v) is 6.23. The molecule has 1 heterocycles. The van der Waals surface area contributed by atoms with Crippen molar-refractivity contribution in [1.29, 1.82) is 0 Å². The highest BCUT2D eigenvalue weighted by Gasteiger charge is 2.24. The van der Waals surface area contributed by atoms with Gasteiger partial charge in [-0.1, -0.05) is 68.1 Å². The Labute approximate surface area is 199 Å². The second-order valence-electron chi connectivity index (χ2n) is 7.42. The van der Waals surface area contributed by atoms with Gasteiger partial charge in [0, 0.05) is 18.8 Å². The molecule has 0 N–H and O–H groups in total. The monoisotopic (exact) mass is 481 g/mol. The number of methoxy groups -OCH3 is 1. The summed E-state index contributed by atoms with van der Waals surface area (Å²) in [5.41, 5.74) is 3.50. The van der Waals surface area contributed by atoms with Crippen LogP contribution >= 0.6 is 11.8 Å². The normalized spacial score (nSPS) is 11.9. The summed E-state index contributed by atoms with van der Waals surface area (Å²) in [6.45, 7) is 4.53. The quantitative estimate of drug-likeness (QED) is 0.301. The number of thioether (sulfide) groups is 1. The standard InChI is InChI=1S/C25H27N3O3S2/c1-4-27(5-2)33(29,30)20-15-16-22-21(17-20)26-25(32-18-19-11-7-6-8-12-19)28(22)23-13-9-10-14-24(23)31-3/h6-17H,4-5,18H2,1-3H3. The van der Waals surface area contributed by atoms with Crippen LogP contribution < -0.4 is 4.74 Å². The molecule has 1 aromatic heterocycles. The molecule has 33 heavy (non-hydrogen) atoms. The molecule has 4 rings (SSSR count). The molecule has 0 saturated carbocycles. The predicted molar refractivity (Wildman–Crippen MR) is 134 cm³/mol. The molecule has 0 bridgehead atoms. The van der Waals surface area contributed by atoms with E-state index in [0.717, 1.165) is 27.9 Å². The van der Waals surface area contributed by atoms with Crippen LogP contribution in [-0.4, -0.2) is 42.5 Å². The van der Waals surface area contributed by atoms with Crippen LogP contribution in [0.2, 0.25) is 0 Å². The Bertz CT molecular complexity index is 1350. The predicted octanol–water partition coefficient (Wildman–Crippen LogP) is 5.36. The van der Waals surface area contributed by atoms with Gasteiger partial charge in [-0.2, -0.15) is 4.31 Å². The number of para-hydroxylation sites is 2. The van der Waals surface area contributed by atoms with E-state index < -0.39 is 10.0 Å². The number of imidazole rings is 1. The zero-order chi connectivity index (χ0) is 23.4. The maximum absolute atomic E-state index is 13.1. The third-order valence-corrected chi connectivity index (χ3v) is 8.53. The molecule has 0 spiro atoms. The Kier molecular flexibility index (Phi) is 7.07. The van der Waals surface area contributed by atoms with E-state index in [-0.39, 0.29) is 4.90 Å². The molecule has 0 unspecified atom stereocenters. The van der Waals surface area contributed by atoms with Gasteiger partial charge in [0.15, 0.2) is 5.16 Å². The van der Waals surface area contributed by atoms with Crippen molar-refractivity contribution in [2.75, 3.05) is 20.2 Å². The summed E-state index contributed by atoms with van der Waals surface area (Å²) >= 11 is 1.61. The van der Waals surface area contributed by atoms with Gasteiger partial charge >= 0.3 is 0 Å². The van der Waals surface area contributed by atoms with Crippen molar-refractivity contribution in [2.24, 2.45) is 0 Å². The molecule has 0 aliphatic heterocycles. The fourth-order valence-electron chi connectivity index (χ4n) is 3.78. The van der Waals surface area contributed by atoms with E-state index in [0.29, 0.717) is 18.6 Å². The maximum Gasteiger partial charge on any atom is 0.243 e. The van der Waals surface area contributed by atoms with E-state index in [2.05, 4.69) is 12.1 Å². The Morgan fingerprint density at radius 2 is 1.67 bits per heavy atom. The van der Waals surface area contributed by atoms with Crippen molar-refractivity contribution < 1.29 is 13.2 Å². The van der Waals surface area contributed by atoms with Crippen molar-refractivity contribution in [3.8, 4) is 11.4 Å². The van der Waals surface area contributed by atoms with Crippen molar-refractivity contribution in [3.63, 3.8) is 0 Å². The molecule has 172 valence electrons. The number of sulfonamides is 1. The van der Waals surface area contributed by atoms with Crippen LogP contribution in [0.1, 0.15) is 19.4 Å². The second-order valence-corrected chi connectivity index (χ2v) is 10.3. The summed E-state index contributed by atoms with van der Waals surface area (Å²) in [5.74, 6) is 1.46. The van der Waals surface area contributed by atoms with E-state index in [1.54, 1.807) is 31.0 Å².